The molecular formula is C17H24N4O3. The Morgan fingerprint density at radius 1 is 1.54 bits per heavy atom. The van der Waals surface area contributed by atoms with Crippen LogP contribution in [0.15, 0.2) is 22.7 Å². The van der Waals surface area contributed by atoms with Crippen LogP contribution in [-0.2, 0) is 11.3 Å². The van der Waals surface area contributed by atoms with Crippen LogP contribution in [0.25, 0.3) is 11.5 Å². The van der Waals surface area contributed by atoms with E-state index in [1.54, 1.807) is 0 Å². The van der Waals surface area contributed by atoms with E-state index in [0.29, 0.717) is 6.61 Å². The molecule has 1 saturated heterocycles. The van der Waals surface area contributed by atoms with Gasteiger partial charge in [-0.3, -0.25) is 10.00 Å². The fourth-order valence-corrected chi connectivity index (χ4v) is 3.11. The number of piperidine rings is 1. The highest BCUT2D eigenvalue weighted by Gasteiger charge is 2.23. The molecule has 1 atom stereocenters. The Hall–Kier alpha value is -2.28. The third-order valence-corrected chi connectivity index (χ3v) is 4.20. The summed E-state index contributed by atoms with van der Waals surface area (Å²) in [6, 6.07) is 4.02. The summed E-state index contributed by atoms with van der Waals surface area (Å²) in [5, 5.41) is 10.1. The van der Waals surface area contributed by atoms with Crippen LogP contribution < -0.4 is 5.32 Å². The van der Waals surface area contributed by atoms with E-state index >= 15 is 0 Å². The summed E-state index contributed by atoms with van der Waals surface area (Å²) in [7, 11) is 0. The SMILES string of the molecule is CCOC(=O)N[C@@H]1CCCN(Cc2cn[nH]c2-c2ccc(C)o2)C1. The van der Waals surface area contributed by atoms with E-state index in [4.69, 9.17) is 9.15 Å². The molecule has 3 rings (SSSR count). The minimum absolute atomic E-state index is 0.124. The molecule has 0 bridgehead atoms. The van der Waals surface area contributed by atoms with Crippen molar-refractivity contribution in [1.29, 1.82) is 0 Å². The molecule has 2 aromatic rings. The van der Waals surface area contributed by atoms with Crippen LogP contribution in [-0.4, -0.2) is 46.9 Å². The van der Waals surface area contributed by atoms with E-state index in [1.165, 1.54) is 0 Å². The van der Waals surface area contributed by atoms with Crippen LogP contribution in [0.5, 0.6) is 0 Å². The lowest BCUT2D eigenvalue weighted by Crippen LogP contribution is -2.47. The first-order chi connectivity index (χ1) is 11.7. The largest absolute Gasteiger partial charge is 0.460 e. The quantitative estimate of drug-likeness (QED) is 0.879. The normalized spacial score (nSPS) is 18.5. The van der Waals surface area contributed by atoms with E-state index in [0.717, 1.165) is 55.3 Å². The van der Waals surface area contributed by atoms with Gasteiger partial charge in [0, 0.05) is 24.7 Å². The van der Waals surface area contributed by atoms with Crippen molar-refractivity contribution in [3.05, 3.63) is 29.7 Å². The van der Waals surface area contributed by atoms with Crippen molar-refractivity contribution in [3.63, 3.8) is 0 Å². The smallest absolute Gasteiger partial charge is 0.407 e. The zero-order valence-corrected chi connectivity index (χ0v) is 14.2. The van der Waals surface area contributed by atoms with E-state index in [-0.39, 0.29) is 12.1 Å². The number of carbonyl (C=O) groups is 1. The van der Waals surface area contributed by atoms with Crippen molar-refractivity contribution in [3.8, 4) is 11.5 Å². The number of hydrogen-bond acceptors (Lipinski definition) is 5. The lowest BCUT2D eigenvalue weighted by molar-refractivity contribution is 0.132. The summed E-state index contributed by atoms with van der Waals surface area (Å²) >= 11 is 0. The first-order valence-electron chi connectivity index (χ1n) is 8.40. The molecule has 2 aromatic heterocycles. The number of likely N-dealkylation sites (tertiary alicyclic amines) is 1. The molecule has 1 amide bonds. The number of rotatable bonds is 5. The molecule has 0 unspecified atom stereocenters. The second-order valence-corrected chi connectivity index (χ2v) is 6.12. The highest BCUT2D eigenvalue weighted by atomic mass is 16.5. The molecule has 130 valence electrons. The van der Waals surface area contributed by atoms with Gasteiger partial charge in [0.1, 0.15) is 11.5 Å². The van der Waals surface area contributed by atoms with Gasteiger partial charge in [-0.2, -0.15) is 5.10 Å². The van der Waals surface area contributed by atoms with Gasteiger partial charge in [-0.1, -0.05) is 0 Å². The topological polar surface area (TPSA) is 83.4 Å². The number of aromatic nitrogens is 2. The molecule has 0 saturated carbocycles. The maximum absolute atomic E-state index is 11.6. The summed E-state index contributed by atoms with van der Waals surface area (Å²) in [6.07, 6.45) is 3.53. The summed E-state index contributed by atoms with van der Waals surface area (Å²) in [5.41, 5.74) is 2.02. The number of ether oxygens (including phenoxy) is 1. The molecule has 3 heterocycles. The van der Waals surface area contributed by atoms with Crippen LogP contribution in [0.2, 0.25) is 0 Å². The second kappa shape index (κ2) is 7.53. The van der Waals surface area contributed by atoms with Gasteiger partial charge < -0.3 is 14.5 Å². The van der Waals surface area contributed by atoms with Crippen molar-refractivity contribution in [2.45, 2.75) is 39.3 Å². The van der Waals surface area contributed by atoms with Gasteiger partial charge >= 0.3 is 6.09 Å². The lowest BCUT2D eigenvalue weighted by atomic mass is 10.0. The number of alkyl carbamates (subject to hydrolysis) is 1. The van der Waals surface area contributed by atoms with Crippen molar-refractivity contribution in [2.24, 2.45) is 0 Å². The minimum Gasteiger partial charge on any atom is -0.460 e. The highest BCUT2D eigenvalue weighted by Crippen LogP contribution is 2.25. The van der Waals surface area contributed by atoms with Gasteiger partial charge in [-0.25, -0.2) is 4.79 Å². The molecule has 24 heavy (non-hydrogen) atoms. The third kappa shape index (κ3) is 3.97. The Balaban J connectivity index is 1.62. The number of amides is 1. The highest BCUT2D eigenvalue weighted by molar-refractivity contribution is 5.67. The van der Waals surface area contributed by atoms with Crippen LogP contribution in [0, 0.1) is 6.92 Å². The van der Waals surface area contributed by atoms with Crippen molar-refractivity contribution in [1.82, 2.24) is 20.4 Å². The fraction of sp³-hybridized carbons (Fsp3) is 0.529. The van der Waals surface area contributed by atoms with Gasteiger partial charge in [-0.05, 0) is 45.4 Å². The van der Waals surface area contributed by atoms with Gasteiger partial charge in [0.05, 0.1) is 12.8 Å². The van der Waals surface area contributed by atoms with Gasteiger partial charge in [0.15, 0.2) is 5.76 Å². The Morgan fingerprint density at radius 2 is 2.42 bits per heavy atom. The van der Waals surface area contributed by atoms with Crippen LogP contribution in [0.3, 0.4) is 0 Å². The van der Waals surface area contributed by atoms with Crippen molar-refractivity contribution in [2.75, 3.05) is 19.7 Å². The average molecular weight is 332 g/mol. The number of nitrogens with zero attached hydrogens (tertiary/aromatic N) is 2. The predicted molar refractivity (Wildman–Crippen MR) is 89.5 cm³/mol. The maximum Gasteiger partial charge on any atom is 0.407 e. The van der Waals surface area contributed by atoms with Crippen molar-refractivity contribution < 1.29 is 13.9 Å². The molecule has 0 radical (unpaired) electrons. The monoisotopic (exact) mass is 332 g/mol. The molecule has 1 aliphatic rings. The summed E-state index contributed by atoms with van der Waals surface area (Å²) in [4.78, 5) is 13.9. The molecule has 1 aliphatic heterocycles. The van der Waals surface area contributed by atoms with E-state index in [2.05, 4.69) is 20.4 Å². The first-order valence-corrected chi connectivity index (χ1v) is 8.40. The average Bonchev–Trinajstić information content (AvgIpc) is 3.16. The molecule has 0 aliphatic carbocycles. The minimum atomic E-state index is -0.334. The maximum atomic E-state index is 11.6. The Kier molecular flexibility index (Phi) is 5.20. The van der Waals surface area contributed by atoms with Gasteiger partial charge in [-0.15, -0.1) is 0 Å². The van der Waals surface area contributed by atoms with E-state index < -0.39 is 0 Å². The lowest BCUT2D eigenvalue weighted by Gasteiger charge is -2.32. The van der Waals surface area contributed by atoms with Crippen LogP contribution in [0.4, 0.5) is 4.79 Å². The molecule has 0 aromatic carbocycles. The van der Waals surface area contributed by atoms with E-state index in [1.807, 2.05) is 32.2 Å². The Morgan fingerprint density at radius 3 is 3.17 bits per heavy atom. The van der Waals surface area contributed by atoms with Crippen molar-refractivity contribution >= 4 is 6.09 Å². The predicted octanol–water partition coefficient (Wildman–Crippen LogP) is 2.69. The molecular weight excluding hydrogens is 308 g/mol. The van der Waals surface area contributed by atoms with Crippen LogP contribution in [0.1, 0.15) is 31.1 Å². The third-order valence-electron chi connectivity index (χ3n) is 4.20. The summed E-state index contributed by atoms with van der Waals surface area (Å²) in [6.45, 7) is 6.71. The molecule has 0 spiro atoms. The summed E-state index contributed by atoms with van der Waals surface area (Å²) in [5.74, 6) is 1.68. The first kappa shape index (κ1) is 16.6. The molecule has 1 fully saturated rings. The number of carbonyl (C=O) groups excluding carboxylic acids is 1. The number of hydrogen-bond donors (Lipinski definition) is 2. The Labute approximate surface area is 141 Å². The zero-order valence-electron chi connectivity index (χ0n) is 14.2. The molecule has 2 N–H and O–H groups in total. The molecule has 7 heteroatoms. The van der Waals surface area contributed by atoms with E-state index in [9.17, 15) is 4.79 Å². The number of H-pyrrole nitrogens is 1. The van der Waals surface area contributed by atoms with Crippen LogP contribution >= 0.6 is 0 Å². The second-order valence-electron chi connectivity index (χ2n) is 6.12. The fourth-order valence-electron chi connectivity index (χ4n) is 3.11. The zero-order chi connectivity index (χ0) is 16.9. The molecule has 7 nitrogen and oxygen atoms in total. The number of furan rings is 1. The number of nitrogens with one attached hydrogen (secondary N) is 2. The number of aryl methyl sites for hydroxylation is 1. The van der Waals surface area contributed by atoms with Gasteiger partial charge in [0.2, 0.25) is 0 Å². The standard InChI is InChI=1S/C17H24N4O3/c1-3-23-17(22)19-14-5-4-8-21(11-14)10-13-9-18-20-16(13)15-7-6-12(2)24-15/h6-7,9,14H,3-5,8,10-11H2,1-2H3,(H,18,20)(H,19,22)/t14-/m1/s1. The number of aromatic amines is 1. The summed E-state index contributed by atoms with van der Waals surface area (Å²) < 4.78 is 10.7. The Bertz CT molecular complexity index is 679. The van der Waals surface area contributed by atoms with Gasteiger partial charge in [0.25, 0.3) is 0 Å².